The summed E-state index contributed by atoms with van der Waals surface area (Å²) in [4.78, 5) is 43.7. The standard InChI is InChI=1S/C24H20FN3O3/c25-17-7-9-18(10-8-17)26-11-13-27(14-12-26)21(29)15-28-23(30)19-5-1-3-16-4-2-6-20(22(16)19)24(28)31/h1-10H,11-15H2. The van der Waals surface area contributed by atoms with E-state index in [1.54, 1.807) is 41.3 Å². The van der Waals surface area contributed by atoms with E-state index in [-0.39, 0.29) is 18.3 Å². The van der Waals surface area contributed by atoms with Crippen molar-refractivity contribution in [2.24, 2.45) is 0 Å². The van der Waals surface area contributed by atoms with Gasteiger partial charge in [0.1, 0.15) is 12.4 Å². The van der Waals surface area contributed by atoms with Crippen molar-refractivity contribution in [1.29, 1.82) is 0 Å². The Morgan fingerprint density at radius 2 is 1.39 bits per heavy atom. The van der Waals surface area contributed by atoms with E-state index in [4.69, 9.17) is 0 Å². The van der Waals surface area contributed by atoms with Crippen LogP contribution in [-0.2, 0) is 4.79 Å². The lowest BCUT2D eigenvalue weighted by molar-refractivity contribution is -0.131. The molecule has 1 saturated heterocycles. The third kappa shape index (κ3) is 3.32. The van der Waals surface area contributed by atoms with Crippen molar-refractivity contribution < 1.29 is 18.8 Å². The first-order valence-corrected chi connectivity index (χ1v) is 10.2. The zero-order valence-electron chi connectivity index (χ0n) is 16.8. The van der Waals surface area contributed by atoms with Gasteiger partial charge < -0.3 is 9.80 Å². The van der Waals surface area contributed by atoms with Gasteiger partial charge in [-0.1, -0.05) is 24.3 Å². The summed E-state index contributed by atoms with van der Waals surface area (Å²) in [6, 6.07) is 16.9. The zero-order valence-corrected chi connectivity index (χ0v) is 16.8. The Labute approximate surface area is 178 Å². The van der Waals surface area contributed by atoms with E-state index in [0.29, 0.717) is 42.7 Å². The minimum Gasteiger partial charge on any atom is -0.368 e. The predicted octanol–water partition coefficient (Wildman–Crippen LogP) is 2.92. The van der Waals surface area contributed by atoms with Crippen LogP contribution in [0.4, 0.5) is 10.1 Å². The smallest absolute Gasteiger partial charge is 0.261 e. The van der Waals surface area contributed by atoms with Crippen molar-refractivity contribution >= 4 is 34.2 Å². The van der Waals surface area contributed by atoms with Crippen molar-refractivity contribution in [2.45, 2.75) is 0 Å². The summed E-state index contributed by atoms with van der Waals surface area (Å²) in [5.41, 5.74) is 1.79. The van der Waals surface area contributed by atoms with Crippen molar-refractivity contribution in [3.8, 4) is 0 Å². The molecule has 0 N–H and O–H groups in total. The lowest BCUT2D eigenvalue weighted by atomic mass is 9.94. The van der Waals surface area contributed by atoms with Gasteiger partial charge in [-0.25, -0.2) is 4.39 Å². The molecule has 3 aromatic rings. The molecule has 0 aliphatic carbocycles. The highest BCUT2D eigenvalue weighted by atomic mass is 19.1. The second kappa shape index (κ2) is 7.50. The molecule has 0 bridgehead atoms. The zero-order chi connectivity index (χ0) is 21.5. The fourth-order valence-corrected chi connectivity index (χ4v) is 4.33. The van der Waals surface area contributed by atoms with Crippen LogP contribution in [0, 0.1) is 5.82 Å². The lowest BCUT2D eigenvalue weighted by Crippen LogP contribution is -2.53. The van der Waals surface area contributed by atoms with Gasteiger partial charge in [-0.3, -0.25) is 19.3 Å². The molecule has 3 amide bonds. The maximum atomic E-state index is 13.1. The Hall–Kier alpha value is -3.74. The van der Waals surface area contributed by atoms with Gasteiger partial charge in [0.25, 0.3) is 11.8 Å². The number of nitrogens with zero attached hydrogens (tertiary/aromatic N) is 3. The van der Waals surface area contributed by atoms with Crippen LogP contribution in [0.1, 0.15) is 20.7 Å². The first-order chi connectivity index (χ1) is 15.0. The molecule has 0 radical (unpaired) electrons. The molecule has 7 heteroatoms. The normalized spacial score (nSPS) is 16.2. The number of carbonyl (C=O) groups is 3. The molecule has 2 heterocycles. The first kappa shape index (κ1) is 19.2. The van der Waals surface area contributed by atoms with Gasteiger partial charge in [-0.2, -0.15) is 0 Å². The second-order valence-corrected chi connectivity index (χ2v) is 7.75. The molecule has 0 atom stereocenters. The highest BCUT2D eigenvalue weighted by Crippen LogP contribution is 2.30. The fraction of sp³-hybridized carbons (Fsp3) is 0.208. The lowest BCUT2D eigenvalue weighted by Gasteiger charge is -2.37. The fourth-order valence-electron chi connectivity index (χ4n) is 4.33. The number of carbonyl (C=O) groups excluding carboxylic acids is 3. The summed E-state index contributed by atoms with van der Waals surface area (Å²) in [6.45, 7) is 1.86. The molecule has 6 nitrogen and oxygen atoms in total. The molecule has 2 aliphatic rings. The molecule has 3 aromatic carbocycles. The molecule has 156 valence electrons. The van der Waals surface area contributed by atoms with Gasteiger partial charge in [0.2, 0.25) is 5.91 Å². The summed E-state index contributed by atoms with van der Waals surface area (Å²) in [5.74, 6) is -1.42. The van der Waals surface area contributed by atoms with Crippen LogP contribution in [-0.4, -0.2) is 60.2 Å². The molecule has 0 unspecified atom stereocenters. The maximum absolute atomic E-state index is 13.1. The summed E-state index contributed by atoms with van der Waals surface area (Å²) >= 11 is 0. The Morgan fingerprint density at radius 1 is 0.806 bits per heavy atom. The summed E-state index contributed by atoms with van der Waals surface area (Å²) in [6.07, 6.45) is 0. The van der Waals surface area contributed by atoms with E-state index in [2.05, 4.69) is 4.90 Å². The Morgan fingerprint density at radius 3 is 1.97 bits per heavy atom. The van der Waals surface area contributed by atoms with Crippen LogP contribution < -0.4 is 4.90 Å². The molecule has 5 rings (SSSR count). The van der Waals surface area contributed by atoms with Crippen molar-refractivity contribution in [2.75, 3.05) is 37.6 Å². The van der Waals surface area contributed by atoms with Gasteiger partial charge >= 0.3 is 0 Å². The van der Waals surface area contributed by atoms with E-state index in [1.165, 1.54) is 12.1 Å². The topological polar surface area (TPSA) is 60.9 Å². The van der Waals surface area contributed by atoms with Gasteiger partial charge in [-0.05, 0) is 41.8 Å². The number of piperazine rings is 1. The average molecular weight is 417 g/mol. The van der Waals surface area contributed by atoms with Gasteiger partial charge in [-0.15, -0.1) is 0 Å². The van der Waals surface area contributed by atoms with Gasteiger partial charge in [0.15, 0.2) is 0 Å². The number of halogens is 1. The van der Waals surface area contributed by atoms with Crippen LogP contribution in [0.2, 0.25) is 0 Å². The molecule has 0 saturated carbocycles. The van der Waals surface area contributed by atoms with Crippen LogP contribution in [0.25, 0.3) is 10.8 Å². The van der Waals surface area contributed by atoms with Gasteiger partial charge in [0.05, 0.1) is 0 Å². The molecule has 31 heavy (non-hydrogen) atoms. The average Bonchev–Trinajstić information content (AvgIpc) is 2.80. The van der Waals surface area contributed by atoms with Gasteiger partial charge in [0, 0.05) is 48.4 Å². The molecule has 1 fully saturated rings. The molecule has 0 spiro atoms. The second-order valence-electron chi connectivity index (χ2n) is 7.75. The quantitative estimate of drug-likeness (QED) is 0.615. The summed E-state index contributed by atoms with van der Waals surface area (Å²) in [5, 5.41) is 1.48. The van der Waals surface area contributed by atoms with Crippen LogP contribution >= 0.6 is 0 Å². The van der Waals surface area contributed by atoms with Crippen molar-refractivity contribution in [3.05, 3.63) is 77.6 Å². The van der Waals surface area contributed by atoms with Crippen LogP contribution in [0.15, 0.2) is 60.7 Å². The largest absolute Gasteiger partial charge is 0.368 e. The van der Waals surface area contributed by atoms with E-state index in [0.717, 1.165) is 16.0 Å². The van der Waals surface area contributed by atoms with E-state index in [1.807, 2.05) is 12.1 Å². The van der Waals surface area contributed by atoms with Crippen LogP contribution in [0.5, 0.6) is 0 Å². The number of amides is 3. The third-order valence-corrected chi connectivity index (χ3v) is 5.97. The minimum absolute atomic E-state index is 0.257. The Bertz CT molecular complexity index is 1150. The summed E-state index contributed by atoms with van der Waals surface area (Å²) in [7, 11) is 0. The number of rotatable bonds is 3. The number of hydrogen-bond acceptors (Lipinski definition) is 4. The number of hydrogen-bond donors (Lipinski definition) is 0. The minimum atomic E-state index is -0.437. The Kier molecular flexibility index (Phi) is 4.66. The number of benzene rings is 3. The number of anilines is 1. The van der Waals surface area contributed by atoms with E-state index < -0.39 is 11.8 Å². The summed E-state index contributed by atoms with van der Waals surface area (Å²) < 4.78 is 13.1. The van der Waals surface area contributed by atoms with Crippen molar-refractivity contribution in [3.63, 3.8) is 0 Å². The SMILES string of the molecule is O=C(CN1C(=O)c2cccc3cccc(c23)C1=O)N1CCN(c2ccc(F)cc2)CC1. The third-order valence-electron chi connectivity index (χ3n) is 5.97. The molecule has 0 aromatic heterocycles. The van der Waals surface area contributed by atoms with Crippen LogP contribution in [0.3, 0.4) is 0 Å². The van der Waals surface area contributed by atoms with E-state index in [9.17, 15) is 18.8 Å². The van der Waals surface area contributed by atoms with Crippen molar-refractivity contribution in [1.82, 2.24) is 9.80 Å². The first-order valence-electron chi connectivity index (χ1n) is 10.2. The molecule has 2 aliphatic heterocycles. The molecular weight excluding hydrogens is 397 g/mol. The highest BCUT2D eigenvalue weighted by Gasteiger charge is 2.35. The maximum Gasteiger partial charge on any atom is 0.261 e. The molecular formula is C24H20FN3O3. The number of imide groups is 1. The Balaban J connectivity index is 1.29. The van der Waals surface area contributed by atoms with E-state index >= 15 is 0 Å². The predicted molar refractivity (Wildman–Crippen MR) is 115 cm³/mol. The monoisotopic (exact) mass is 417 g/mol. The highest BCUT2D eigenvalue weighted by molar-refractivity contribution is 6.26.